The number of anilines is 2. The Kier molecular flexibility index (Phi) is 3.95. The van der Waals surface area contributed by atoms with Gasteiger partial charge in [-0.05, 0) is 18.1 Å². The molecule has 1 spiro atoms. The van der Waals surface area contributed by atoms with E-state index in [-0.39, 0.29) is 5.79 Å². The van der Waals surface area contributed by atoms with Crippen molar-refractivity contribution < 1.29 is 14.2 Å². The van der Waals surface area contributed by atoms with E-state index in [4.69, 9.17) is 19.9 Å². The number of methoxy groups -OCH3 is 1. The Morgan fingerprint density at radius 2 is 1.90 bits per heavy atom. The minimum absolute atomic E-state index is 0.333. The lowest BCUT2D eigenvalue weighted by atomic mass is 10.0. The van der Waals surface area contributed by atoms with Crippen LogP contribution in [0.1, 0.15) is 25.3 Å². The van der Waals surface area contributed by atoms with Gasteiger partial charge < -0.3 is 24.8 Å². The molecule has 2 aliphatic heterocycles. The van der Waals surface area contributed by atoms with Gasteiger partial charge in [-0.25, -0.2) is 0 Å². The minimum Gasteiger partial charge on any atom is -0.495 e. The molecule has 0 aliphatic carbocycles. The molecule has 2 saturated heterocycles. The molecule has 5 nitrogen and oxygen atoms in total. The topological polar surface area (TPSA) is 57.0 Å². The second-order valence-electron chi connectivity index (χ2n) is 5.67. The first-order chi connectivity index (χ1) is 10.2. The van der Waals surface area contributed by atoms with Crippen LogP contribution in [-0.2, 0) is 15.9 Å². The molecule has 2 fully saturated rings. The van der Waals surface area contributed by atoms with E-state index < -0.39 is 0 Å². The van der Waals surface area contributed by atoms with Crippen LogP contribution in [0.15, 0.2) is 12.1 Å². The molecule has 5 heteroatoms. The molecule has 0 atom stereocenters. The number of rotatable bonds is 3. The van der Waals surface area contributed by atoms with Crippen molar-refractivity contribution >= 4 is 11.4 Å². The highest BCUT2D eigenvalue weighted by Gasteiger charge is 2.40. The first-order valence-corrected chi connectivity index (χ1v) is 7.67. The third-order valence-corrected chi connectivity index (χ3v) is 4.49. The summed E-state index contributed by atoms with van der Waals surface area (Å²) in [5.74, 6) is 0.414. The van der Waals surface area contributed by atoms with Gasteiger partial charge in [0.15, 0.2) is 5.79 Å². The summed E-state index contributed by atoms with van der Waals surface area (Å²) in [6, 6.07) is 4.09. The number of aryl methyl sites for hydroxylation is 1. The molecule has 0 unspecified atom stereocenters. The molecular weight excluding hydrogens is 268 g/mol. The monoisotopic (exact) mass is 292 g/mol. The Labute approximate surface area is 126 Å². The molecule has 0 aromatic heterocycles. The second-order valence-corrected chi connectivity index (χ2v) is 5.67. The lowest BCUT2D eigenvalue weighted by Gasteiger charge is -2.39. The predicted octanol–water partition coefficient (Wildman–Crippen LogP) is 2.18. The number of nitrogen functional groups attached to an aromatic ring is 1. The summed E-state index contributed by atoms with van der Waals surface area (Å²) < 4.78 is 17.0. The van der Waals surface area contributed by atoms with E-state index in [9.17, 15) is 0 Å². The Morgan fingerprint density at radius 1 is 1.24 bits per heavy atom. The summed E-state index contributed by atoms with van der Waals surface area (Å²) >= 11 is 0. The van der Waals surface area contributed by atoms with Gasteiger partial charge in [-0.15, -0.1) is 0 Å². The first-order valence-electron chi connectivity index (χ1n) is 7.67. The number of nitrogens with two attached hydrogens (primary N) is 1. The Balaban J connectivity index is 1.80. The summed E-state index contributed by atoms with van der Waals surface area (Å²) in [5, 5.41) is 0. The van der Waals surface area contributed by atoms with Crippen LogP contribution in [-0.4, -0.2) is 39.2 Å². The van der Waals surface area contributed by atoms with Gasteiger partial charge in [-0.2, -0.15) is 0 Å². The molecule has 0 saturated carbocycles. The smallest absolute Gasteiger partial charge is 0.171 e. The molecule has 1 aromatic rings. The van der Waals surface area contributed by atoms with Crippen molar-refractivity contribution in [2.45, 2.75) is 32.0 Å². The molecular formula is C16H24N2O3. The normalized spacial score (nSPS) is 21.0. The summed E-state index contributed by atoms with van der Waals surface area (Å²) in [5.41, 5.74) is 9.20. The number of benzene rings is 1. The third kappa shape index (κ3) is 2.68. The molecule has 116 valence electrons. The van der Waals surface area contributed by atoms with Gasteiger partial charge in [-0.1, -0.05) is 6.92 Å². The fraction of sp³-hybridized carbons (Fsp3) is 0.625. The maximum Gasteiger partial charge on any atom is 0.171 e. The van der Waals surface area contributed by atoms with Gasteiger partial charge in [0.1, 0.15) is 5.75 Å². The highest BCUT2D eigenvalue weighted by atomic mass is 16.7. The number of nitrogens with zero attached hydrogens (tertiary/aromatic N) is 1. The zero-order valence-corrected chi connectivity index (χ0v) is 12.9. The van der Waals surface area contributed by atoms with E-state index in [1.807, 2.05) is 6.07 Å². The summed E-state index contributed by atoms with van der Waals surface area (Å²) in [6.07, 6.45) is 2.77. The standard InChI is InChI=1S/C16H24N2O3/c1-3-12-10-13(17)15(19-2)11-14(12)18-6-4-16(5-7-18)20-8-9-21-16/h10-11H,3-9,17H2,1-2H3. The summed E-state index contributed by atoms with van der Waals surface area (Å²) in [6.45, 7) is 5.45. The van der Waals surface area contributed by atoms with E-state index in [2.05, 4.69) is 17.9 Å². The first kappa shape index (κ1) is 14.5. The van der Waals surface area contributed by atoms with Crippen molar-refractivity contribution in [2.75, 3.05) is 44.0 Å². The highest BCUT2D eigenvalue weighted by molar-refractivity contribution is 5.67. The molecule has 0 amide bonds. The summed E-state index contributed by atoms with van der Waals surface area (Å²) in [4.78, 5) is 2.39. The van der Waals surface area contributed by atoms with E-state index in [0.717, 1.165) is 51.3 Å². The minimum atomic E-state index is -0.333. The van der Waals surface area contributed by atoms with Crippen molar-refractivity contribution in [3.8, 4) is 5.75 Å². The lowest BCUT2D eigenvalue weighted by molar-refractivity contribution is -0.169. The van der Waals surface area contributed by atoms with Crippen LogP contribution in [0.3, 0.4) is 0 Å². The van der Waals surface area contributed by atoms with Crippen molar-refractivity contribution in [2.24, 2.45) is 0 Å². The fourth-order valence-electron chi connectivity index (χ4n) is 3.26. The van der Waals surface area contributed by atoms with Crippen molar-refractivity contribution in [1.29, 1.82) is 0 Å². The van der Waals surface area contributed by atoms with Crippen LogP contribution < -0.4 is 15.4 Å². The largest absolute Gasteiger partial charge is 0.495 e. The average Bonchev–Trinajstić information content (AvgIpc) is 2.96. The van der Waals surface area contributed by atoms with Gasteiger partial charge in [0.2, 0.25) is 0 Å². The Morgan fingerprint density at radius 3 is 2.48 bits per heavy atom. The number of hydrogen-bond donors (Lipinski definition) is 1. The maximum absolute atomic E-state index is 6.02. The van der Waals surface area contributed by atoms with Crippen molar-refractivity contribution in [3.63, 3.8) is 0 Å². The molecule has 1 aromatic carbocycles. The Bertz CT molecular complexity index is 502. The second kappa shape index (κ2) is 5.73. The van der Waals surface area contributed by atoms with Crippen molar-refractivity contribution in [1.82, 2.24) is 0 Å². The maximum atomic E-state index is 6.02. The number of hydrogen-bond acceptors (Lipinski definition) is 5. The Hall–Kier alpha value is -1.46. The molecule has 2 aliphatic rings. The molecule has 0 radical (unpaired) electrons. The number of ether oxygens (including phenoxy) is 3. The molecule has 21 heavy (non-hydrogen) atoms. The third-order valence-electron chi connectivity index (χ3n) is 4.49. The van der Waals surface area contributed by atoms with E-state index in [1.165, 1.54) is 11.3 Å². The lowest BCUT2D eigenvalue weighted by Crippen LogP contribution is -2.45. The van der Waals surface area contributed by atoms with Crippen LogP contribution in [0, 0.1) is 0 Å². The molecule has 2 N–H and O–H groups in total. The zero-order valence-electron chi connectivity index (χ0n) is 12.9. The summed E-state index contributed by atoms with van der Waals surface area (Å²) in [7, 11) is 1.66. The van der Waals surface area contributed by atoms with Gasteiger partial charge in [0.05, 0.1) is 26.0 Å². The van der Waals surface area contributed by atoms with Gasteiger partial charge in [0, 0.05) is 37.7 Å². The van der Waals surface area contributed by atoms with Crippen LogP contribution in [0.4, 0.5) is 11.4 Å². The average molecular weight is 292 g/mol. The fourth-order valence-corrected chi connectivity index (χ4v) is 3.26. The van der Waals surface area contributed by atoms with E-state index in [1.54, 1.807) is 7.11 Å². The van der Waals surface area contributed by atoms with Crippen LogP contribution >= 0.6 is 0 Å². The van der Waals surface area contributed by atoms with E-state index in [0.29, 0.717) is 5.69 Å². The number of piperidine rings is 1. The van der Waals surface area contributed by atoms with Crippen LogP contribution in [0.5, 0.6) is 5.75 Å². The van der Waals surface area contributed by atoms with Crippen molar-refractivity contribution in [3.05, 3.63) is 17.7 Å². The molecule has 2 heterocycles. The van der Waals surface area contributed by atoms with Gasteiger partial charge in [-0.3, -0.25) is 0 Å². The zero-order chi connectivity index (χ0) is 14.9. The predicted molar refractivity (Wildman–Crippen MR) is 82.9 cm³/mol. The van der Waals surface area contributed by atoms with E-state index >= 15 is 0 Å². The quantitative estimate of drug-likeness (QED) is 0.865. The molecule has 0 bridgehead atoms. The van der Waals surface area contributed by atoms with Crippen LogP contribution in [0.25, 0.3) is 0 Å². The van der Waals surface area contributed by atoms with Gasteiger partial charge >= 0.3 is 0 Å². The highest BCUT2D eigenvalue weighted by Crippen LogP contribution is 2.37. The SMILES string of the molecule is CCc1cc(N)c(OC)cc1N1CCC2(CC1)OCCO2. The van der Waals surface area contributed by atoms with Crippen LogP contribution in [0.2, 0.25) is 0 Å². The molecule has 3 rings (SSSR count). The van der Waals surface area contributed by atoms with Gasteiger partial charge in [0.25, 0.3) is 0 Å².